The number of nitrogens with one attached hydrogen (secondary N) is 1. The molecule has 0 saturated carbocycles. The molecule has 0 aliphatic rings. The van der Waals surface area contributed by atoms with Crippen molar-refractivity contribution in [3.05, 3.63) is 72.4 Å². The minimum Gasteiger partial charge on any atom is -0.291 e. The van der Waals surface area contributed by atoms with Gasteiger partial charge in [-0.2, -0.15) is 0 Å². The molecule has 1 aromatic carbocycles. The molecule has 0 atom stereocenters. The Labute approximate surface area is 134 Å². The lowest BCUT2D eigenvalue weighted by atomic mass is 10.2. The largest absolute Gasteiger partial charge is 0.291 e. The second-order valence-corrected chi connectivity index (χ2v) is 6.90. The van der Waals surface area contributed by atoms with Gasteiger partial charge in [0.1, 0.15) is 12.1 Å². The minimum atomic E-state index is -3.53. The average molecular weight is 328 g/mol. The highest BCUT2D eigenvalue weighted by atomic mass is 32.2. The summed E-state index contributed by atoms with van der Waals surface area (Å²) in [6, 6.07) is 10.3. The predicted molar refractivity (Wildman–Crippen MR) is 86.6 cm³/mol. The van der Waals surface area contributed by atoms with E-state index in [9.17, 15) is 8.42 Å². The Bertz CT molecular complexity index is 888. The van der Waals surface area contributed by atoms with Gasteiger partial charge in [-0.15, -0.1) is 0 Å². The van der Waals surface area contributed by atoms with Crippen LogP contribution in [0.25, 0.3) is 5.82 Å². The van der Waals surface area contributed by atoms with Crippen LogP contribution in [0.1, 0.15) is 11.1 Å². The first kappa shape index (κ1) is 15.4. The summed E-state index contributed by atoms with van der Waals surface area (Å²) < 4.78 is 28.9. The zero-order valence-electron chi connectivity index (χ0n) is 12.5. The molecule has 3 aromatic rings. The molecule has 2 heterocycles. The first-order valence-electron chi connectivity index (χ1n) is 7.04. The first-order chi connectivity index (χ1) is 11.0. The van der Waals surface area contributed by atoms with Crippen LogP contribution in [0.5, 0.6) is 0 Å². The molecule has 23 heavy (non-hydrogen) atoms. The zero-order chi connectivity index (χ0) is 16.3. The topological polar surface area (TPSA) is 76.9 Å². The van der Waals surface area contributed by atoms with E-state index in [0.29, 0.717) is 5.82 Å². The standard InChI is InChI=1S/C16H16N4O2S/c1-13-2-4-15(5-3-13)23(21,22)19-11-14-6-7-18-16(10-14)20-9-8-17-12-20/h2-10,12,19H,11H2,1H3. The van der Waals surface area contributed by atoms with Crippen LogP contribution in [0, 0.1) is 6.92 Å². The number of pyridine rings is 1. The van der Waals surface area contributed by atoms with Crippen LogP contribution in [-0.2, 0) is 16.6 Å². The Balaban J connectivity index is 1.75. The molecule has 0 unspecified atom stereocenters. The van der Waals surface area contributed by atoms with Gasteiger partial charge in [0.2, 0.25) is 10.0 Å². The van der Waals surface area contributed by atoms with Gasteiger partial charge in [-0.05, 0) is 36.8 Å². The van der Waals surface area contributed by atoms with Crippen LogP contribution in [0.15, 0.2) is 66.2 Å². The zero-order valence-corrected chi connectivity index (χ0v) is 13.4. The molecule has 0 spiro atoms. The summed E-state index contributed by atoms with van der Waals surface area (Å²) in [4.78, 5) is 8.47. The molecule has 0 saturated heterocycles. The fourth-order valence-corrected chi connectivity index (χ4v) is 3.10. The van der Waals surface area contributed by atoms with E-state index in [0.717, 1.165) is 11.1 Å². The van der Waals surface area contributed by atoms with Crippen molar-refractivity contribution in [2.75, 3.05) is 0 Å². The molecule has 6 nitrogen and oxygen atoms in total. The molecule has 3 rings (SSSR count). The third-order valence-electron chi connectivity index (χ3n) is 3.38. The quantitative estimate of drug-likeness (QED) is 0.778. The SMILES string of the molecule is Cc1ccc(S(=O)(=O)NCc2ccnc(-n3ccnc3)c2)cc1. The number of imidazole rings is 1. The Kier molecular flexibility index (Phi) is 4.22. The van der Waals surface area contributed by atoms with Crippen LogP contribution in [0.3, 0.4) is 0 Å². The molecule has 0 bridgehead atoms. The molecular formula is C16H16N4O2S. The highest BCUT2D eigenvalue weighted by Gasteiger charge is 2.13. The fourth-order valence-electron chi connectivity index (χ4n) is 2.09. The van der Waals surface area contributed by atoms with Gasteiger partial charge < -0.3 is 0 Å². The normalized spacial score (nSPS) is 11.5. The Morgan fingerprint density at radius 1 is 1.13 bits per heavy atom. The van der Waals surface area contributed by atoms with Gasteiger partial charge in [0.25, 0.3) is 0 Å². The third kappa shape index (κ3) is 3.64. The lowest BCUT2D eigenvalue weighted by Crippen LogP contribution is -2.23. The highest BCUT2D eigenvalue weighted by Crippen LogP contribution is 2.12. The van der Waals surface area contributed by atoms with E-state index in [2.05, 4.69) is 14.7 Å². The van der Waals surface area contributed by atoms with Crippen LogP contribution in [-0.4, -0.2) is 23.0 Å². The number of sulfonamides is 1. The summed E-state index contributed by atoms with van der Waals surface area (Å²) in [6.45, 7) is 2.11. The van der Waals surface area contributed by atoms with E-state index in [-0.39, 0.29) is 11.4 Å². The molecule has 7 heteroatoms. The maximum absolute atomic E-state index is 12.3. The molecule has 0 radical (unpaired) electrons. The fraction of sp³-hybridized carbons (Fsp3) is 0.125. The van der Waals surface area contributed by atoms with Gasteiger partial charge in [0.05, 0.1) is 4.90 Å². The highest BCUT2D eigenvalue weighted by molar-refractivity contribution is 7.89. The monoisotopic (exact) mass is 328 g/mol. The Morgan fingerprint density at radius 2 is 1.91 bits per heavy atom. The van der Waals surface area contributed by atoms with E-state index in [1.54, 1.807) is 59.8 Å². The average Bonchev–Trinajstić information content (AvgIpc) is 3.08. The van der Waals surface area contributed by atoms with Crippen LogP contribution in [0.2, 0.25) is 0 Å². The van der Waals surface area contributed by atoms with Crippen molar-refractivity contribution in [2.24, 2.45) is 0 Å². The predicted octanol–water partition coefficient (Wildman–Crippen LogP) is 2.05. The van der Waals surface area contributed by atoms with Crippen molar-refractivity contribution < 1.29 is 8.42 Å². The number of rotatable bonds is 5. The minimum absolute atomic E-state index is 0.195. The molecule has 118 valence electrons. The van der Waals surface area contributed by atoms with Gasteiger partial charge in [-0.25, -0.2) is 23.1 Å². The van der Waals surface area contributed by atoms with Gasteiger partial charge in [0, 0.05) is 25.1 Å². The van der Waals surface area contributed by atoms with Gasteiger partial charge in [0.15, 0.2) is 0 Å². The summed E-state index contributed by atoms with van der Waals surface area (Å²) >= 11 is 0. The van der Waals surface area contributed by atoms with Crippen molar-refractivity contribution in [1.29, 1.82) is 0 Å². The summed E-state index contributed by atoms with van der Waals surface area (Å²) in [5, 5.41) is 0. The van der Waals surface area contributed by atoms with Crippen molar-refractivity contribution in [1.82, 2.24) is 19.3 Å². The van der Waals surface area contributed by atoms with Crippen molar-refractivity contribution in [3.63, 3.8) is 0 Å². The number of hydrogen-bond donors (Lipinski definition) is 1. The lowest BCUT2D eigenvalue weighted by molar-refractivity contribution is 0.581. The maximum atomic E-state index is 12.3. The number of aromatic nitrogens is 3. The molecule has 0 fully saturated rings. The molecule has 0 aliphatic carbocycles. The Morgan fingerprint density at radius 3 is 2.61 bits per heavy atom. The van der Waals surface area contributed by atoms with Gasteiger partial charge in [-0.1, -0.05) is 17.7 Å². The second-order valence-electron chi connectivity index (χ2n) is 5.13. The summed E-state index contributed by atoms with van der Waals surface area (Å²) in [7, 11) is -3.53. The van der Waals surface area contributed by atoms with E-state index < -0.39 is 10.0 Å². The maximum Gasteiger partial charge on any atom is 0.240 e. The van der Waals surface area contributed by atoms with E-state index >= 15 is 0 Å². The van der Waals surface area contributed by atoms with E-state index in [1.807, 2.05) is 13.0 Å². The summed E-state index contributed by atoms with van der Waals surface area (Å²) in [5.41, 5.74) is 1.84. The second kappa shape index (κ2) is 6.31. The smallest absolute Gasteiger partial charge is 0.240 e. The third-order valence-corrected chi connectivity index (χ3v) is 4.79. The van der Waals surface area contributed by atoms with Crippen molar-refractivity contribution in [3.8, 4) is 5.82 Å². The van der Waals surface area contributed by atoms with Crippen molar-refractivity contribution in [2.45, 2.75) is 18.4 Å². The van der Waals surface area contributed by atoms with Crippen molar-refractivity contribution >= 4 is 10.0 Å². The molecule has 2 aromatic heterocycles. The van der Waals surface area contributed by atoms with Crippen LogP contribution < -0.4 is 4.72 Å². The van der Waals surface area contributed by atoms with Crippen LogP contribution >= 0.6 is 0 Å². The number of hydrogen-bond acceptors (Lipinski definition) is 4. The number of aryl methyl sites for hydroxylation is 1. The number of benzene rings is 1. The molecule has 0 amide bonds. The first-order valence-corrected chi connectivity index (χ1v) is 8.52. The van der Waals surface area contributed by atoms with Crippen LogP contribution in [0.4, 0.5) is 0 Å². The van der Waals surface area contributed by atoms with Gasteiger partial charge in [-0.3, -0.25) is 4.57 Å². The summed E-state index contributed by atoms with van der Waals surface area (Å²) in [5.74, 6) is 0.689. The van der Waals surface area contributed by atoms with E-state index in [1.165, 1.54) is 0 Å². The number of nitrogens with zero attached hydrogens (tertiary/aromatic N) is 3. The molecule has 0 aliphatic heterocycles. The molecule has 1 N–H and O–H groups in total. The van der Waals surface area contributed by atoms with E-state index in [4.69, 9.17) is 0 Å². The molecular weight excluding hydrogens is 312 g/mol. The van der Waals surface area contributed by atoms with Gasteiger partial charge >= 0.3 is 0 Å². The summed E-state index contributed by atoms with van der Waals surface area (Å²) in [6.07, 6.45) is 6.73. The Hall–Kier alpha value is -2.51. The lowest BCUT2D eigenvalue weighted by Gasteiger charge is -2.08.